The Hall–Kier alpha value is -1.13. The Morgan fingerprint density at radius 1 is 1.19 bits per heavy atom. The lowest BCUT2D eigenvalue weighted by Crippen LogP contribution is -2.39. The summed E-state index contributed by atoms with van der Waals surface area (Å²) in [6, 6.07) is 4.19. The number of nitrogens with zero attached hydrogens (tertiary/aromatic N) is 1. The first kappa shape index (κ1) is 16.2. The van der Waals surface area contributed by atoms with Crippen molar-refractivity contribution < 1.29 is 9.47 Å². The van der Waals surface area contributed by atoms with E-state index in [1.165, 1.54) is 13.0 Å². The molecule has 1 saturated heterocycles. The zero-order valence-corrected chi connectivity index (χ0v) is 13.9. The molecule has 1 fully saturated rings. The van der Waals surface area contributed by atoms with Crippen LogP contribution < -0.4 is 14.8 Å². The minimum atomic E-state index is 0.470. The highest BCUT2D eigenvalue weighted by Crippen LogP contribution is 2.36. The first-order valence-corrected chi connectivity index (χ1v) is 7.96. The highest BCUT2D eigenvalue weighted by Gasteiger charge is 2.20. The Morgan fingerprint density at radius 2 is 1.86 bits per heavy atom. The zero-order valence-electron chi connectivity index (χ0n) is 13.1. The molecule has 4 nitrogen and oxygen atoms in total. The first-order valence-electron chi connectivity index (χ1n) is 7.58. The van der Waals surface area contributed by atoms with Gasteiger partial charge in [0.1, 0.15) is 11.5 Å². The van der Waals surface area contributed by atoms with Gasteiger partial charge in [-0.15, -0.1) is 0 Å². The van der Waals surface area contributed by atoms with Crippen molar-refractivity contribution in [3.8, 4) is 11.5 Å². The quantitative estimate of drug-likeness (QED) is 0.869. The smallest absolute Gasteiger partial charge is 0.143 e. The summed E-state index contributed by atoms with van der Waals surface area (Å²) >= 11 is 6.14. The average Bonchev–Trinajstić information content (AvgIpc) is 2.50. The summed E-state index contributed by atoms with van der Waals surface area (Å²) in [5, 5.41) is 4.14. The lowest BCUT2D eigenvalue weighted by atomic mass is 10.0. The number of benzene rings is 1. The number of anilines is 1. The van der Waals surface area contributed by atoms with E-state index in [0.29, 0.717) is 16.8 Å². The number of halogens is 1. The molecular weight excluding hydrogens is 288 g/mol. The predicted octanol–water partition coefficient (Wildman–Crippen LogP) is 3.64. The third kappa shape index (κ3) is 4.17. The van der Waals surface area contributed by atoms with Crippen LogP contribution in [0, 0.1) is 0 Å². The Morgan fingerprint density at radius 3 is 2.43 bits per heavy atom. The molecule has 1 N–H and O–H groups in total. The van der Waals surface area contributed by atoms with Crippen LogP contribution in [0.15, 0.2) is 12.1 Å². The van der Waals surface area contributed by atoms with Gasteiger partial charge in [-0.05, 0) is 25.8 Å². The van der Waals surface area contributed by atoms with E-state index in [-0.39, 0.29) is 0 Å². The van der Waals surface area contributed by atoms with Crippen molar-refractivity contribution in [2.75, 3.05) is 39.2 Å². The van der Waals surface area contributed by atoms with Crippen LogP contribution in [0.25, 0.3) is 0 Å². The molecule has 1 aliphatic heterocycles. The summed E-state index contributed by atoms with van der Waals surface area (Å²) in [5.74, 6) is 1.43. The monoisotopic (exact) mass is 312 g/mol. The minimum absolute atomic E-state index is 0.470. The highest BCUT2D eigenvalue weighted by atomic mass is 35.5. The molecule has 5 heteroatoms. The number of methoxy groups -OCH3 is 2. The second kappa shape index (κ2) is 7.76. The molecule has 0 bridgehead atoms. The lowest BCUT2D eigenvalue weighted by Gasteiger charge is -2.33. The topological polar surface area (TPSA) is 33.7 Å². The molecule has 1 aromatic rings. The van der Waals surface area contributed by atoms with Crippen LogP contribution >= 0.6 is 11.6 Å². The third-order valence-electron chi connectivity index (χ3n) is 3.96. The van der Waals surface area contributed by atoms with Gasteiger partial charge >= 0.3 is 0 Å². The van der Waals surface area contributed by atoms with Crippen molar-refractivity contribution in [1.82, 2.24) is 4.90 Å². The van der Waals surface area contributed by atoms with Crippen molar-refractivity contribution in [2.24, 2.45) is 0 Å². The maximum absolute atomic E-state index is 6.14. The summed E-state index contributed by atoms with van der Waals surface area (Å²) in [5.41, 5.74) is 0.952. The van der Waals surface area contributed by atoms with Gasteiger partial charge in [0.25, 0.3) is 0 Å². The fraction of sp³-hybridized carbons (Fsp3) is 0.625. The minimum Gasteiger partial charge on any atom is -0.495 e. The SMILES string of the molecule is CCCN1CCC(Nc2cc(OC)c(Cl)cc2OC)CC1. The van der Waals surface area contributed by atoms with E-state index < -0.39 is 0 Å². The second-order valence-electron chi connectivity index (χ2n) is 5.45. The maximum Gasteiger partial charge on any atom is 0.143 e. The molecule has 1 aromatic carbocycles. The average molecular weight is 313 g/mol. The highest BCUT2D eigenvalue weighted by molar-refractivity contribution is 6.32. The summed E-state index contributed by atoms with van der Waals surface area (Å²) in [4.78, 5) is 2.53. The van der Waals surface area contributed by atoms with Gasteiger partial charge < -0.3 is 19.7 Å². The number of ether oxygens (including phenoxy) is 2. The Kier molecular flexibility index (Phi) is 6.00. The molecular formula is C16H25ClN2O2. The Labute approximate surface area is 132 Å². The summed E-state index contributed by atoms with van der Waals surface area (Å²) in [7, 11) is 3.29. The second-order valence-corrected chi connectivity index (χ2v) is 5.85. The molecule has 2 rings (SSSR count). The zero-order chi connectivity index (χ0) is 15.2. The van der Waals surface area contributed by atoms with E-state index in [4.69, 9.17) is 21.1 Å². The van der Waals surface area contributed by atoms with Crippen molar-refractivity contribution in [3.63, 3.8) is 0 Å². The van der Waals surface area contributed by atoms with Crippen molar-refractivity contribution in [1.29, 1.82) is 0 Å². The summed E-state index contributed by atoms with van der Waals surface area (Å²) in [6.45, 7) is 5.73. The van der Waals surface area contributed by atoms with Crippen LogP contribution in [-0.2, 0) is 0 Å². The molecule has 0 saturated carbocycles. The number of rotatable bonds is 6. The summed E-state index contributed by atoms with van der Waals surface area (Å²) in [6.07, 6.45) is 3.52. The van der Waals surface area contributed by atoms with Crippen molar-refractivity contribution >= 4 is 17.3 Å². The maximum atomic E-state index is 6.14. The van der Waals surface area contributed by atoms with Crippen LogP contribution in [0.3, 0.4) is 0 Å². The molecule has 0 atom stereocenters. The van der Waals surface area contributed by atoms with Gasteiger partial charge in [-0.25, -0.2) is 0 Å². The van der Waals surface area contributed by atoms with Gasteiger partial charge in [-0.2, -0.15) is 0 Å². The van der Waals surface area contributed by atoms with Gasteiger partial charge in [0.05, 0.1) is 24.9 Å². The molecule has 0 radical (unpaired) electrons. The number of piperidine rings is 1. The van der Waals surface area contributed by atoms with Gasteiger partial charge in [-0.1, -0.05) is 18.5 Å². The van der Waals surface area contributed by atoms with E-state index in [9.17, 15) is 0 Å². The largest absolute Gasteiger partial charge is 0.495 e. The first-order chi connectivity index (χ1) is 10.2. The van der Waals surface area contributed by atoms with Gasteiger partial charge in [-0.3, -0.25) is 0 Å². The van der Waals surface area contributed by atoms with E-state index >= 15 is 0 Å². The van der Waals surface area contributed by atoms with E-state index in [1.54, 1.807) is 20.3 Å². The van der Waals surface area contributed by atoms with E-state index in [0.717, 1.165) is 37.4 Å². The van der Waals surface area contributed by atoms with Crippen LogP contribution in [0.1, 0.15) is 26.2 Å². The Bertz CT molecular complexity index is 460. The van der Waals surface area contributed by atoms with E-state index in [2.05, 4.69) is 17.1 Å². The number of likely N-dealkylation sites (tertiary alicyclic amines) is 1. The van der Waals surface area contributed by atoms with Crippen molar-refractivity contribution in [3.05, 3.63) is 17.2 Å². The number of hydrogen-bond donors (Lipinski definition) is 1. The lowest BCUT2D eigenvalue weighted by molar-refractivity contribution is 0.219. The third-order valence-corrected chi connectivity index (χ3v) is 4.26. The van der Waals surface area contributed by atoms with Crippen LogP contribution in [0.5, 0.6) is 11.5 Å². The standard InChI is InChI=1S/C16H25ClN2O2/c1-4-7-19-8-5-12(6-9-19)18-14-11-15(20-2)13(17)10-16(14)21-3/h10-12,18H,4-9H2,1-3H3. The number of nitrogens with one attached hydrogen (secondary N) is 1. The Balaban J connectivity index is 2.02. The van der Waals surface area contributed by atoms with Gasteiger partial charge in [0.2, 0.25) is 0 Å². The molecule has 0 aromatic heterocycles. The van der Waals surface area contributed by atoms with Crippen molar-refractivity contribution in [2.45, 2.75) is 32.2 Å². The van der Waals surface area contributed by atoms with Crippen LogP contribution in [0.4, 0.5) is 5.69 Å². The molecule has 21 heavy (non-hydrogen) atoms. The molecule has 0 amide bonds. The predicted molar refractivity (Wildman–Crippen MR) is 87.9 cm³/mol. The molecule has 0 spiro atoms. The molecule has 118 valence electrons. The normalized spacial score (nSPS) is 16.8. The van der Waals surface area contributed by atoms with Gasteiger partial charge in [0, 0.05) is 31.3 Å². The van der Waals surface area contributed by atoms with Crippen LogP contribution in [0.2, 0.25) is 5.02 Å². The fourth-order valence-corrected chi connectivity index (χ4v) is 3.04. The molecule has 0 aliphatic carbocycles. The molecule has 1 aliphatic rings. The molecule has 1 heterocycles. The van der Waals surface area contributed by atoms with Gasteiger partial charge in [0.15, 0.2) is 0 Å². The fourth-order valence-electron chi connectivity index (χ4n) is 2.81. The van der Waals surface area contributed by atoms with E-state index in [1.807, 2.05) is 6.07 Å². The number of hydrogen-bond acceptors (Lipinski definition) is 4. The van der Waals surface area contributed by atoms with Crippen LogP contribution in [-0.4, -0.2) is 44.8 Å². The molecule has 0 unspecified atom stereocenters. The summed E-state index contributed by atoms with van der Waals surface area (Å²) < 4.78 is 10.7.